The van der Waals surface area contributed by atoms with E-state index in [2.05, 4.69) is 27.2 Å². The second-order valence-corrected chi connectivity index (χ2v) is 6.59. The van der Waals surface area contributed by atoms with Gasteiger partial charge in [0.05, 0.1) is 22.4 Å². The standard InChI is InChI=1S/C21H19F6N5O/c1-3-14(20(22,23)24)5-4-12(2)32-18-8-17(15(11-31-18)19(28)33)30-10-13-9-29-7-6-16(13)21(25,26)27/h3-9,11H,2,10H2,1H3,(H2,28,33)(H2,30,31,32)/b5-4-,14-3+. The van der Waals surface area contributed by atoms with E-state index in [4.69, 9.17) is 5.73 Å². The number of aromatic nitrogens is 2. The Balaban J connectivity index is 2.24. The Hall–Kier alpha value is -3.83. The van der Waals surface area contributed by atoms with Gasteiger partial charge in [-0.05, 0) is 25.1 Å². The number of rotatable bonds is 8. The van der Waals surface area contributed by atoms with Crippen LogP contribution in [0.5, 0.6) is 0 Å². The zero-order chi connectivity index (χ0) is 24.8. The molecule has 0 saturated carbocycles. The van der Waals surface area contributed by atoms with Crippen LogP contribution in [0.15, 0.2) is 66.8 Å². The molecule has 0 aliphatic carbocycles. The van der Waals surface area contributed by atoms with Crippen molar-refractivity contribution in [1.82, 2.24) is 9.97 Å². The van der Waals surface area contributed by atoms with Gasteiger partial charge in [0, 0.05) is 42.5 Å². The summed E-state index contributed by atoms with van der Waals surface area (Å²) in [5.41, 5.74) is 3.32. The molecule has 33 heavy (non-hydrogen) atoms. The average Bonchev–Trinajstić information content (AvgIpc) is 2.71. The van der Waals surface area contributed by atoms with Crippen LogP contribution in [-0.2, 0) is 12.7 Å². The van der Waals surface area contributed by atoms with Crippen LogP contribution in [0, 0.1) is 0 Å². The van der Waals surface area contributed by atoms with Gasteiger partial charge in [-0.1, -0.05) is 12.7 Å². The summed E-state index contributed by atoms with van der Waals surface area (Å²) in [6.45, 7) is 4.47. The Labute approximate surface area is 184 Å². The molecule has 2 aromatic heterocycles. The van der Waals surface area contributed by atoms with Crippen molar-refractivity contribution in [1.29, 1.82) is 0 Å². The number of nitrogens with two attached hydrogens (primary N) is 1. The Kier molecular flexibility index (Phi) is 7.85. The number of primary amides is 1. The van der Waals surface area contributed by atoms with Gasteiger partial charge in [0.1, 0.15) is 5.82 Å². The van der Waals surface area contributed by atoms with Crippen LogP contribution in [0.4, 0.5) is 37.8 Å². The van der Waals surface area contributed by atoms with Crippen molar-refractivity contribution in [3.63, 3.8) is 0 Å². The normalized spacial score (nSPS) is 12.6. The molecule has 2 aromatic rings. The molecule has 0 spiro atoms. The number of nitrogens with one attached hydrogen (secondary N) is 2. The van der Waals surface area contributed by atoms with Crippen molar-refractivity contribution in [3.8, 4) is 0 Å². The topological polar surface area (TPSA) is 92.9 Å². The van der Waals surface area contributed by atoms with E-state index >= 15 is 0 Å². The van der Waals surface area contributed by atoms with Crippen LogP contribution in [-0.4, -0.2) is 22.1 Å². The van der Waals surface area contributed by atoms with Crippen LogP contribution in [0.2, 0.25) is 0 Å². The minimum atomic E-state index is -4.61. The molecule has 0 aliphatic rings. The smallest absolute Gasteiger partial charge is 0.380 e. The average molecular weight is 471 g/mol. The number of pyridine rings is 2. The number of hydrogen-bond acceptors (Lipinski definition) is 5. The second-order valence-electron chi connectivity index (χ2n) is 6.59. The van der Waals surface area contributed by atoms with Gasteiger partial charge in [0.25, 0.3) is 5.91 Å². The third-order valence-electron chi connectivity index (χ3n) is 4.24. The third-order valence-corrected chi connectivity index (χ3v) is 4.24. The molecule has 0 aliphatic heterocycles. The first-order valence-corrected chi connectivity index (χ1v) is 9.24. The lowest BCUT2D eigenvalue weighted by atomic mass is 10.1. The zero-order valence-electron chi connectivity index (χ0n) is 17.2. The molecular formula is C21H19F6N5O. The number of carbonyl (C=O) groups excluding carboxylic acids is 1. The molecule has 0 fully saturated rings. The van der Waals surface area contributed by atoms with E-state index in [1.165, 1.54) is 13.0 Å². The molecular weight excluding hydrogens is 452 g/mol. The van der Waals surface area contributed by atoms with E-state index in [-0.39, 0.29) is 34.9 Å². The maximum absolute atomic E-state index is 13.2. The van der Waals surface area contributed by atoms with Gasteiger partial charge in [-0.3, -0.25) is 9.78 Å². The molecule has 12 heteroatoms. The minimum absolute atomic E-state index is 0.0375. The molecule has 0 atom stereocenters. The fraction of sp³-hybridized carbons (Fsp3) is 0.190. The fourth-order valence-electron chi connectivity index (χ4n) is 2.65. The van der Waals surface area contributed by atoms with E-state index in [1.54, 1.807) is 0 Å². The lowest BCUT2D eigenvalue weighted by Crippen LogP contribution is -2.17. The fourth-order valence-corrected chi connectivity index (χ4v) is 2.65. The van der Waals surface area contributed by atoms with Crippen molar-refractivity contribution in [2.45, 2.75) is 25.8 Å². The maximum atomic E-state index is 13.2. The molecule has 0 radical (unpaired) electrons. The molecule has 1 amide bonds. The van der Waals surface area contributed by atoms with Crippen molar-refractivity contribution >= 4 is 17.4 Å². The summed E-state index contributed by atoms with van der Waals surface area (Å²) in [4.78, 5) is 19.3. The largest absolute Gasteiger partial charge is 0.416 e. The van der Waals surface area contributed by atoms with Gasteiger partial charge >= 0.3 is 12.4 Å². The molecule has 0 saturated heterocycles. The van der Waals surface area contributed by atoms with Crippen molar-refractivity contribution < 1.29 is 31.1 Å². The van der Waals surface area contributed by atoms with Crippen LogP contribution >= 0.6 is 0 Å². The van der Waals surface area contributed by atoms with Gasteiger partial charge in [-0.15, -0.1) is 0 Å². The van der Waals surface area contributed by atoms with Crippen LogP contribution in [0.25, 0.3) is 0 Å². The summed E-state index contributed by atoms with van der Waals surface area (Å²) in [5, 5.41) is 5.33. The van der Waals surface area contributed by atoms with E-state index in [1.807, 2.05) is 0 Å². The number of allylic oxidation sites excluding steroid dienone is 4. The maximum Gasteiger partial charge on any atom is 0.416 e. The summed E-state index contributed by atoms with van der Waals surface area (Å²) in [5.74, 6) is -0.825. The number of halogens is 6. The Morgan fingerprint density at radius 3 is 2.45 bits per heavy atom. The highest BCUT2D eigenvalue weighted by Gasteiger charge is 2.33. The van der Waals surface area contributed by atoms with E-state index in [0.29, 0.717) is 0 Å². The minimum Gasteiger partial charge on any atom is -0.380 e. The monoisotopic (exact) mass is 471 g/mol. The molecule has 4 N–H and O–H groups in total. The molecule has 0 unspecified atom stereocenters. The zero-order valence-corrected chi connectivity index (χ0v) is 17.2. The van der Waals surface area contributed by atoms with Crippen molar-refractivity contribution in [3.05, 3.63) is 83.5 Å². The van der Waals surface area contributed by atoms with Gasteiger partial charge in [-0.2, -0.15) is 26.3 Å². The van der Waals surface area contributed by atoms with Crippen LogP contribution in [0.1, 0.15) is 28.4 Å². The predicted octanol–water partition coefficient (Wildman–Crippen LogP) is 5.20. The highest BCUT2D eigenvalue weighted by Crippen LogP contribution is 2.32. The first-order chi connectivity index (χ1) is 15.3. The summed E-state index contributed by atoms with van der Waals surface area (Å²) < 4.78 is 77.9. The summed E-state index contributed by atoms with van der Waals surface area (Å²) in [6, 6.07) is 2.09. The third kappa shape index (κ3) is 7.09. The number of alkyl halides is 6. The van der Waals surface area contributed by atoms with E-state index in [0.717, 1.165) is 42.9 Å². The first-order valence-electron chi connectivity index (χ1n) is 9.24. The van der Waals surface area contributed by atoms with E-state index < -0.39 is 29.4 Å². The molecule has 0 bridgehead atoms. The predicted molar refractivity (Wildman–Crippen MR) is 111 cm³/mol. The summed E-state index contributed by atoms with van der Waals surface area (Å²) in [6.07, 6.45) is -3.25. The Morgan fingerprint density at radius 2 is 1.88 bits per heavy atom. The number of hydrogen-bond donors (Lipinski definition) is 3. The van der Waals surface area contributed by atoms with Gasteiger partial charge in [-0.25, -0.2) is 4.98 Å². The molecule has 2 heterocycles. The quantitative estimate of drug-likeness (QED) is 0.364. The second kappa shape index (κ2) is 10.2. The lowest BCUT2D eigenvalue weighted by Gasteiger charge is -2.15. The lowest BCUT2D eigenvalue weighted by molar-refractivity contribution is -0.138. The van der Waals surface area contributed by atoms with Gasteiger partial charge in [0.2, 0.25) is 0 Å². The van der Waals surface area contributed by atoms with Gasteiger partial charge < -0.3 is 16.4 Å². The van der Waals surface area contributed by atoms with Gasteiger partial charge in [0.15, 0.2) is 0 Å². The highest BCUT2D eigenvalue weighted by atomic mass is 19.4. The summed E-state index contributed by atoms with van der Waals surface area (Å²) >= 11 is 0. The first kappa shape index (κ1) is 25.4. The molecule has 2 rings (SSSR count). The molecule has 6 nitrogen and oxygen atoms in total. The number of nitrogens with zero attached hydrogens (tertiary/aromatic N) is 2. The Bertz CT molecular complexity index is 1090. The van der Waals surface area contributed by atoms with Crippen LogP contribution in [0.3, 0.4) is 0 Å². The summed E-state index contributed by atoms with van der Waals surface area (Å²) in [7, 11) is 0. The SMILES string of the molecule is C=C(/C=C\C(=C/C)C(F)(F)F)Nc1cc(NCc2cnccc2C(F)(F)F)c(C(N)=O)cn1. The molecule has 176 valence electrons. The van der Waals surface area contributed by atoms with E-state index in [9.17, 15) is 31.1 Å². The van der Waals surface area contributed by atoms with Crippen molar-refractivity contribution in [2.24, 2.45) is 5.73 Å². The molecule has 0 aromatic carbocycles. The Morgan fingerprint density at radius 1 is 1.18 bits per heavy atom. The highest BCUT2D eigenvalue weighted by molar-refractivity contribution is 5.98. The van der Waals surface area contributed by atoms with Crippen molar-refractivity contribution in [2.75, 3.05) is 10.6 Å². The van der Waals surface area contributed by atoms with Crippen LogP contribution < -0.4 is 16.4 Å². The number of carbonyl (C=O) groups is 1. The number of amides is 1. The number of anilines is 2.